The molecule has 0 aliphatic heterocycles. The lowest BCUT2D eigenvalue weighted by Crippen LogP contribution is -2.29. The summed E-state index contributed by atoms with van der Waals surface area (Å²) in [5, 5.41) is 17.3. The van der Waals surface area contributed by atoms with E-state index in [-0.39, 0.29) is 12.6 Å². The molecule has 0 saturated carbocycles. The number of aliphatic hydroxyl groups is 1. The van der Waals surface area contributed by atoms with Crippen LogP contribution in [0, 0.1) is 5.92 Å². The van der Waals surface area contributed by atoms with Gasteiger partial charge in [-0.2, -0.15) is 0 Å². The summed E-state index contributed by atoms with van der Waals surface area (Å²) in [5.74, 6) is -1.67. The first-order valence-corrected chi connectivity index (χ1v) is 4.21. The highest BCUT2D eigenvalue weighted by atomic mass is 16.4. The molecule has 4 heteroatoms. The Morgan fingerprint density at radius 2 is 2.17 bits per heavy atom. The molecule has 0 spiro atoms. The van der Waals surface area contributed by atoms with Crippen LogP contribution < -0.4 is 5.73 Å². The molecule has 0 aromatic heterocycles. The van der Waals surface area contributed by atoms with Crippen molar-refractivity contribution in [3.05, 3.63) is 0 Å². The average Bonchev–Trinajstić information content (AvgIpc) is 2.00. The van der Waals surface area contributed by atoms with Crippen molar-refractivity contribution >= 4 is 5.97 Å². The number of carboxylic acids is 1. The van der Waals surface area contributed by atoms with E-state index in [1.807, 2.05) is 6.92 Å². The molecule has 0 aliphatic carbocycles. The molecule has 0 saturated heterocycles. The molecule has 0 rings (SSSR count). The fourth-order valence-electron chi connectivity index (χ4n) is 1.11. The Morgan fingerprint density at radius 1 is 1.58 bits per heavy atom. The molecule has 0 radical (unpaired) electrons. The fourth-order valence-corrected chi connectivity index (χ4v) is 1.11. The number of hydrogen-bond donors (Lipinski definition) is 3. The van der Waals surface area contributed by atoms with Gasteiger partial charge in [0.05, 0.1) is 12.5 Å². The Kier molecular flexibility index (Phi) is 5.66. The number of hydrogen-bond acceptors (Lipinski definition) is 3. The monoisotopic (exact) mass is 175 g/mol. The number of aliphatic hydroxyl groups excluding tert-OH is 1. The van der Waals surface area contributed by atoms with Crippen LogP contribution in [-0.2, 0) is 4.79 Å². The van der Waals surface area contributed by atoms with Gasteiger partial charge in [-0.15, -0.1) is 0 Å². The van der Waals surface area contributed by atoms with Crippen LogP contribution in [0.1, 0.15) is 26.2 Å². The smallest absolute Gasteiger partial charge is 0.308 e. The van der Waals surface area contributed by atoms with Crippen molar-refractivity contribution in [2.75, 3.05) is 6.61 Å². The second kappa shape index (κ2) is 5.97. The first-order valence-electron chi connectivity index (χ1n) is 4.21. The highest BCUT2D eigenvalue weighted by Crippen LogP contribution is 2.08. The molecule has 0 aromatic carbocycles. The van der Waals surface area contributed by atoms with E-state index < -0.39 is 11.9 Å². The third kappa shape index (κ3) is 4.31. The number of carbonyl (C=O) groups is 1. The molecule has 2 unspecified atom stereocenters. The van der Waals surface area contributed by atoms with Gasteiger partial charge >= 0.3 is 5.97 Å². The van der Waals surface area contributed by atoms with Crippen LogP contribution in [-0.4, -0.2) is 28.8 Å². The SMILES string of the molecule is CCCC(N)CC(CO)C(=O)O. The van der Waals surface area contributed by atoms with Crippen LogP contribution in [0.5, 0.6) is 0 Å². The highest BCUT2D eigenvalue weighted by molar-refractivity contribution is 5.70. The number of aliphatic carboxylic acids is 1. The fraction of sp³-hybridized carbons (Fsp3) is 0.875. The summed E-state index contributed by atoms with van der Waals surface area (Å²) < 4.78 is 0. The van der Waals surface area contributed by atoms with Gasteiger partial charge in [-0.05, 0) is 12.8 Å². The van der Waals surface area contributed by atoms with Crippen LogP contribution >= 0.6 is 0 Å². The Hall–Kier alpha value is -0.610. The van der Waals surface area contributed by atoms with Crippen LogP contribution in [0.2, 0.25) is 0 Å². The molecule has 4 N–H and O–H groups in total. The van der Waals surface area contributed by atoms with Gasteiger partial charge in [0.1, 0.15) is 0 Å². The van der Waals surface area contributed by atoms with Crippen LogP contribution in [0.25, 0.3) is 0 Å². The van der Waals surface area contributed by atoms with Crippen molar-refractivity contribution in [3.63, 3.8) is 0 Å². The molecule has 72 valence electrons. The maximum Gasteiger partial charge on any atom is 0.308 e. The van der Waals surface area contributed by atoms with E-state index in [1.165, 1.54) is 0 Å². The van der Waals surface area contributed by atoms with Gasteiger partial charge < -0.3 is 15.9 Å². The molecular formula is C8H17NO3. The minimum absolute atomic E-state index is 0.108. The maximum atomic E-state index is 10.5. The lowest BCUT2D eigenvalue weighted by molar-refractivity contribution is -0.143. The Morgan fingerprint density at radius 3 is 2.50 bits per heavy atom. The van der Waals surface area contributed by atoms with Gasteiger partial charge in [0, 0.05) is 6.04 Å². The molecule has 2 atom stereocenters. The quantitative estimate of drug-likeness (QED) is 0.538. The van der Waals surface area contributed by atoms with Gasteiger partial charge in [-0.1, -0.05) is 13.3 Å². The van der Waals surface area contributed by atoms with Crippen molar-refractivity contribution in [1.29, 1.82) is 0 Å². The van der Waals surface area contributed by atoms with Crippen LogP contribution in [0.4, 0.5) is 0 Å². The Bertz CT molecular complexity index is 138. The Labute approximate surface area is 72.4 Å². The van der Waals surface area contributed by atoms with Crippen molar-refractivity contribution in [3.8, 4) is 0 Å². The third-order valence-electron chi connectivity index (χ3n) is 1.82. The predicted octanol–water partition coefficient (Wildman–Crippen LogP) is 0.197. The molecule has 4 nitrogen and oxygen atoms in total. The third-order valence-corrected chi connectivity index (χ3v) is 1.82. The maximum absolute atomic E-state index is 10.5. The van der Waals surface area contributed by atoms with Gasteiger partial charge in [-0.3, -0.25) is 4.79 Å². The zero-order chi connectivity index (χ0) is 9.56. The van der Waals surface area contributed by atoms with Crippen LogP contribution in [0.3, 0.4) is 0 Å². The minimum atomic E-state index is -0.968. The van der Waals surface area contributed by atoms with Crippen molar-refractivity contribution in [2.24, 2.45) is 11.7 Å². The zero-order valence-electron chi connectivity index (χ0n) is 7.36. The second-order valence-electron chi connectivity index (χ2n) is 3.00. The molecule has 12 heavy (non-hydrogen) atoms. The van der Waals surface area contributed by atoms with E-state index >= 15 is 0 Å². The van der Waals surface area contributed by atoms with Gasteiger partial charge in [-0.25, -0.2) is 0 Å². The molecule has 0 fully saturated rings. The average molecular weight is 175 g/mol. The topological polar surface area (TPSA) is 83.5 Å². The van der Waals surface area contributed by atoms with Gasteiger partial charge in [0.2, 0.25) is 0 Å². The largest absolute Gasteiger partial charge is 0.481 e. The van der Waals surface area contributed by atoms with E-state index in [1.54, 1.807) is 0 Å². The van der Waals surface area contributed by atoms with E-state index in [2.05, 4.69) is 0 Å². The molecule has 0 amide bonds. The highest BCUT2D eigenvalue weighted by Gasteiger charge is 2.18. The summed E-state index contributed by atoms with van der Waals surface area (Å²) >= 11 is 0. The molecule has 0 aliphatic rings. The van der Waals surface area contributed by atoms with Gasteiger partial charge in [0.15, 0.2) is 0 Å². The number of rotatable bonds is 6. The molecular weight excluding hydrogens is 158 g/mol. The van der Waals surface area contributed by atoms with Crippen LogP contribution in [0.15, 0.2) is 0 Å². The first kappa shape index (κ1) is 11.4. The summed E-state index contributed by atoms with van der Waals surface area (Å²) in [5.41, 5.74) is 5.62. The summed E-state index contributed by atoms with van der Waals surface area (Å²) in [6.45, 7) is 1.67. The Balaban J connectivity index is 3.77. The number of carboxylic acid groups (broad SMARTS) is 1. The lowest BCUT2D eigenvalue weighted by Gasteiger charge is -2.14. The lowest BCUT2D eigenvalue weighted by atomic mass is 9.98. The summed E-state index contributed by atoms with van der Waals surface area (Å²) in [4.78, 5) is 10.5. The first-order chi connectivity index (χ1) is 5.61. The van der Waals surface area contributed by atoms with Crippen molar-refractivity contribution in [1.82, 2.24) is 0 Å². The molecule has 0 heterocycles. The molecule has 0 aromatic rings. The predicted molar refractivity (Wildman–Crippen MR) is 45.7 cm³/mol. The standard InChI is InChI=1S/C8H17NO3/c1-2-3-7(9)4-6(5-10)8(11)12/h6-7,10H,2-5,9H2,1H3,(H,11,12). The van der Waals surface area contributed by atoms with Crippen molar-refractivity contribution in [2.45, 2.75) is 32.2 Å². The van der Waals surface area contributed by atoms with E-state index in [9.17, 15) is 4.79 Å². The summed E-state index contributed by atoms with van der Waals surface area (Å²) in [6.07, 6.45) is 2.11. The summed E-state index contributed by atoms with van der Waals surface area (Å²) in [6, 6.07) is -0.108. The van der Waals surface area contributed by atoms with E-state index in [0.717, 1.165) is 12.8 Å². The van der Waals surface area contributed by atoms with E-state index in [4.69, 9.17) is 15.9 Å². The van der Waals surface area contributed by atoms with Crippen molar-refractivity contribution < 1.29 is 15.0 Å². The van der Waals surface area contributed by atoms with E-state index in [0.29, 0.717) is 6.42 Å². The zero-order valence-corrected chi connectivity index (χ0v) is 7.36. The normalized spacial score (nSPS) is 15.6. The second-order valence-corrected chi connectivity index (χ2v) is 3.00. The minimum Gasteiger partial charge on any atom is -0.481 e. The number of nitrogens with two attached hydrogens (primary N) is 1. The van der Waals surface area contributed by atoms with Gasteiger partial charge in [0.25, 0.3) is 0 Å². The summed E-state index contributed by atoms with van der Waals surface area (Å²) in [7, 11) is 0. The molecule has 0 bridgehead atoms.